The minimum absolute atomic E-state index is 0.353. The number of carbonyl (C=O) groups excluding carboxylic acids is 2. The second-order valence-electron chi connectivity index (χ2n) is 15.2. The molecular weight excluding hydrogens is 785 g/mol. The van der Waals surface area contributed by atoms with Gasteiger partial charge < -0.3 is 37.9 Å². The molecule has 5 rings (SSSR count). The van der Waals surface area contributed by atoms with E-state index in [-0.39, 0.29) is 11.9 Å². The molecule has 1 fully saturated rings. The van der Waals surface area contributed by atoms with Gasteiger partial charge >= 0.3 is 11.9 Å². The molecule has 2 atom stereocenters. The summed E-state index contributed by atoms with van der Waals surface area (Å²) in [5.41, 5.74) is 6.52. The van der Waals surface area contributed by atoms with Crippen molar-refractivity contribution in [2.24, 2.45) is 0 Å². The zero-order valence-corrected chi connectivity index (χ0v) is 36.2. The van der Waals surface area contributed by atoms with E-state index in [1.165, 1.54) is 12.2 Å². The first-order valence-corrected chi connectivity index (χ1v) is 22.2. The highest BCUT2D eigenvalue weighted by Crippen LogP contribution is 2.26. The molecule has 0 aliphatic carbocycles. The lowest BCUT2D eigenvalue weighted by Gasteiger charge is -2.31. The SMILES string of the molecule is C=CC(=O)OCCCCCCCCOc1ccc(-c2ccc(COC3OCCOC3OCc3ccc(-c4ccc(OCCCCCCCCOC(=O)C=C)cc4)cc3)cc2)cc1. The van der Waals surface area contributed by atoms with Gasteiger partial charge in [-0.05, 0) is 83.3 Å². The van der Waals surface area contributed by atoms with Crippen LogP contribution in [0.4, 0.5) is 0 Å². The van der Waals surface area contributed by atoms with Gasteiger partial charge in [-0.3, -0.25) is 0 Å². The molecular formula is C52H64O10. The summed E-state index contributed by atoms with van der Waals surface area (Å²) in [7, 11) is 0. The predicted octanol–water partition coefficient (Wildman–Crippen LogP) is 11.4. The van der Waals surface area contributed by atoms with Gasteiger partial charge in [-0.15, -0.1) is 0 Å². The van der Waals surface area contributed by atoms with Gasteiger partial charge in [-0.25, -0.2) is 9.59 Å². The molecule has 0 N–H and O–H groups in total. The van der Waals surface area contributed by atoms with Crippen LogP contribution in [0.25, 0.3) is 22.3 Å². The Bertz CT molecular complexity index is 1730. The van der Waals surface area contributed by atoms with E-state index in [0.29, 0.717) is 52.9 Å². The predicted molar refractivity (Wildman–Crippen MR) is 242 cm³/mol. The fraction of sp³-hybridized carbons (Fsp3) is 0.423. The van der Waals surface area contributed by atoms with Crippen LogP contribution in [-0.4, -0.2) is 64.2 Å². The van der Waals surface area contributed by atoms with Gasteiger partial charge in [0, 0.05) is 12.2 Å². The lowest BCUT2D eigenvalue weighted by atomic mass is 10.0. The van der Waals surface area contributed by atoms with Crippen molar-refractivity contribution in [3.05, 3.63) is 133 Å². The third-order valence-corrected chi connectivity index (χ3v) is 10.4. The van der Waals surface area contributed by atoms with Crippen LogP contribution in [-0.2, 0) is 51.2 Å². The Hall–Kier alpha value is -5.26. The number of ether oxygens (including phenoxy) is 8. The van der Waals surface area contributed by atoms with Gasteiger partial charge in [-0.2, -0.15) is 0 Å². The zero-order chi connectivity index (χ0) is 43.5. The summed E-state index contributed by atoms with van der Waals surface area (Å²) in [6, 6.07) is 33.1. The minimum Gasteiger partial charge on any atom is -0.494 e. The van der Waals surface area contributed by atoms with Crippen LogP contribution in [0.1, 0.15) is 88.2 Å². The normalized spacial score (nSPS) is 14.8. The fourth-order valence-corrected chi connectivity index (χ4v) is 6.84. The summed E-state index contributed by atoms with van der Waals surface area (Å²) in [6.45, 7) is 10.7. The maximum Gasteiger partial charge on any atom is 0.330 e. The molecule has 1 aliphatic rings. The monoisotopic (exact) mass is 848 g/mol. The Kier molecular flexibility index (Phi) is 21.9. The van der Waals surface area contributed by atoms with E-state index < -0.39 is 12.6 Å². The van der Waals surface area contributed by atoms with Gasteiger partial charge in [0.15, 0.2) is 0 Å². The maximum atomic E-state index is 11.1. The van der Waals surface area contributed by atoms with Crippen molar-refractivity contribution in [1.29, 1.82) is 0 Å². The Morgan fingerprint density at radius 1 is 0.452 bits per heavy atom. The molecule has 4 aromatic rings. The molecule has 2 unspecified atom stereocenters. The lowest BCUT2D eigenvalue weighted by molar-refractivity contribution is -0.326. The fourth-order valence-electron chi connectivity index (χ4n) is 6.84. The maximum absolute atomic E-state index is 11.1. The van der Waals surface area contributed by atoms with Crippen molar-refractivity contribution >= 4 is 11.9 Å². The molecule has 0 aromatic heterocycles. The van der Waals surface area contributed by atoms with Crippen LogP contribution >= 0.6 is 0 Å². The molecule has 4 aromatic carbocycles. The van der Waals surface area contributed by atoms with E-state index in [1.54, 1.807) is 0 Å². The third kappa shape index (κ3) is 18.0. The van der Waals surface area contributed by atoms with E-state index in [4.69, 9.17) is 37.9 Å². The average Bonchev–Trinajstić information content (AvgIpc) is 3.32. The van der Waals surface area contributed by atoms with E-state index in [0.717, 1.165) is 122 Å². The van der Waals surface area contributed by atoms with Crippen molar-refractivity contribution in [2.45, 2.75) is 103 Å². The largest absolute Gasteiger partial charge is 0.494 e. The molecule has 62 heavy (non-hydrogen) atoms. The second kappa shape index (κ2) is 28.4. The van der Waals surface area contributed by atoms with Gasteiger partial charge in [0.2, 0.25) is 12.6 Å². The topological polar surface area (TPSA) is 108 Å². The number of rotatable bonds is 30. The third-order valence-electron chi connectivity index (χ3n) is 10.4. The number of hydrogen-bond acceptors (Lipinski definition) is 10. The molecule has 0 bridgehead atoms. The van der Waals surface area contributed by atoms with Crippen molar-refractivity contribution in [3.8, 4) is 33.8 Å². The number of benzene rings is 4. The number of esters is 2. The summed E-state index contributed by atoms with van der Waals surface area (Å²) in [5.74, 6) is 1.03. The van der Waals surface area contributed by atoms with E-state index in [2.05, 4.69) is 86.0 Å². The Morgan fingerprint density at radius 2 is 0.758 bits per heavy atom. The number of hydrogen-bond donors (Lipinski definition) is 0. The van der Waals surface area contributed by atoms with Gasteiger partial charge in [-0.1, -0.05) is 137 Å². The van der Waals surface area contributed by atoms with Gasteiger partial charge in [0.25, 0.3) is 0 Å². The second-order valence-corrected chi connectivity index (χ2v) is 15.2. The highest BCUT2D eigenvalue weighted by molar-refractivity contribution is 5.81. The smallest absolute Gasteiger partial charge is 0.330 e. The molecule has 10 heteroatoms. The summed E-state index contributed by atoms with van der Waals surface area (Å²) in [4.78, 5) is 22.1. The molecule has 0 radical (unpaired) electrons. The molecule has 0 spiro atoms. The highest BCUT2D eigenvalue weighted by Gasteiger charge is 2.29. The van der Waals surface area contributed by atoms with Gasteiger partial charge in [0.05, 0.1) is 52.9 Å². The van der Waals surface area contributed by atoms with Crippen LogP contribution in [0.2, 0.25) is 0 Å². The summed E-state index contributed by atoms with van der Waals surface area (Å²) < 4.78 is 46.1. The van der Waals surface area contributed by atoms with Crippen molar-refractivity contribution in [2.75, 3.05) is 39.6 Å². The van der Waals surface area contributed by atoms with Crippen molar-refractivity contribution < 1.29 is 47.5 Å². The molecule has 1 heterocycles. The van der Waals surface area contributed by atoms with Crippen LogP contribution < -0.4 is 9.47 Å². The first-order chi connectivity index (χ1) is 30.5. The van der Waals surface area contributed by atoms with E-state index in [9.17, 15) is 9.59 Å². The molecule has 332 valence electrons. The Labute approximate surface area is 368 Å². The highest BCUT2D eigenvalue weighted by atomic mass is 16.8. The van der Waals surface area contributed by atoms with Crippen LogP contribution in [0.3, 0.4) is 0 Å². The minimum atomic E-state index is -0.636. The first kappa shape index (κ1) is 47.8. The van der Waals surface area contributed by atoms with E-state index >= 15 is 0 Å². The Morgan fingerprint density at radius 3 is 1.10 bits per heavy atom. The quantitative estimate of drug-likeness (QED) is 0.0286. The zero-order valence-electron chi connectivity index (χ0n) is 36.2. The summed E-state index contributed by atoms with van der Waals surface area (Å²) >= 11 is 0. The number of unbranched alkanes of at least 4 members (excludes halogenated alkanes) is 10. The van der Waals surface area contributed by atoms with Gasteiger partial charge in [0.1, 0.15) is 11.5 Å². The molecule has 10 nitrogen and oxygen atoms in total. The lowest BCUT2D eigenvalue weighted by Crippen LogP contribution is -2.41. The first-order valence-electron chi connectivity index (χ1n) is 22.2. The standard InChI is InChI=1S/C52H64O10/c1-3-49(53)57-35-15-11-7-5-9-13-33-55-47-29-25-45(26-30-47)43-21-17-41(18-22-43)39-61-51-52(60-38-37-59-51)62-40-42-19-23-44(24-20-42)46-27-31-48(32-28-46)56-34-14-10-6-8-12-16-36-58-50(54)4-2/h3-4,17-32,51-52H,1-2,5-16,33-40H2. The van der Waals surface area contributed by atoms with Crippen molar-refractivity contribution in [3.63, 3.8) is 0 Å². The molecule has 1 aliphatic heterocycles. The average molecular weight is 849 g/mol. The van der Waals surface area contributed by atoms with Crippen LogP contribution in [0, 0.1) is 0 Å². The molecule has 0 amide bonds. The van der Waals surface area contributed by atoms with E-state index in [1.807, 2.05) is 24.3 Å². The number of carbonyl (C=O) groups is 2. The molecule has 0 saturated carbocycles. The summed E-state index contributed by atoms with van der Waals surface area (Å²) in [5, 5.41) is 0. The Balaban J connectivity index is 0.943. The van der Waals surface area contributed by atoms with Crippen LogP contribution in [0.5, 0.6) is 11.5 Å². The van der Waals surface area contributed by atoms with Crippen molar-refractivity contribution in [1.82, 2.24) is 0 Å². The molecule has 1 saturated heterocycles. The summed E-state index contributed by atoms with van der Waals surface area (Å²) in [6.07, 6.45) is 13.8. The van der Waals surface area contributed by atoms with Crippen LogP contribution in [0.15, 0.2) is 122 Å².